The van der Waals surface area contributed by atoms with Gasteiger partial charge in [-0.25, -0.2) is 36.6 Å². The van der Waals surface area contributed by atoms with Crippen molar-refractivity contribution < 1.29 is 31.0 Å². The van der Waals surface area contributed by atoms with Crippen molar-refractivity contribution in [2.24, 2.45) is 0 Å². The van der Waals surface area contributed by atoms with Gasteiger partial charge in [0.05, 0.1) is 43.2 Å². The number of sulfonamides is 2. The van der Waals surface area contributed by atoms with Crippen LogP contribution in [-0.4, -0.2) is 171 Å². The Labute approximate surface area is 496 Å². The van der Waals surface area contributed by atoms with Gasteiger partial charge in [-0.15, -0.1) is 10.2 Å². The number of aromatic amines is 1. The number of nitrogen functional groups attached to an aromatic ring is 1. The van der Waals surface area contributed by atoms with E-state index in [1.165, 1.54) is 13.3 Å². The molecule has 0 spiro atoms. The van der Waals surface area contributed by atoms with E-state index in [1.54, 1.807) is 32.7 Å². The predicted octanol–water partition coefficient (Wildman–Crippen LogP) is 7.46. The van der Waals surface area contributed by atoms with Crippen molar-refractivity contribution in [3.05, 3.63) is 86.9 Å². The number of hydrogen-bond acceptors (Lipinski definition) is 19. The lowest BCUT2D eigenvalue weighted by Gasteiger charge is -2.34. The number of piperidine rings is 2. The number of aromatic nitrogens is 8. The average Bonchev–Trinajstić information content (AvgIpc) is 4.54. The summed E-state index contributed by atoms with van der Waals surface area (Å²) in [5, 5.41) is 33.1. The van der Waals surface area contributed by atoms with Gasteiger partial charge in [0.25, 0.3) is 30.4 Å². The Hall–Kier alpha value is -6.40. The van der Waals surface area contributed by atoms with Crippen LogP contribution in [0.5, 0.6) is 11.8 Å². The van der Waals surface area contributed by atoms with E-state index in [-0.39, 0.29) is 27.7 Å². The van der Waals surface area contributed by atoms with Crippen molar-refractivity contribution in [3.63, 3.8) is 0 Å². The SMILES string of the molecule is CN(C)C1CCN(S(=O)(=O)c2nc(Br)nn2COCC[Si](C)(C)C)CC1.COc1cc(-c2cc(C#N)c3c(c2N)CCC3)ccn1.COc1cc(-c2cc(C#N)c3c(c2Nc2n[nH]c(S(=O)(=O)N4CCC(N(C)C)CC4)n2)CCC3)ccn1. The number of ether oxygens (including phenoxy) is 3. The van der Waals surface area contributed by atoms with Crippen molar-refractivity contribution in [3.8, 4) is 46.2 Å². The van der Waals surface area contributed by atoms with Gasteiger partial charge in [0, 0.05) is 94.3 Å². The van der Waals surface area contributed by atoms with Crippen LogP contribution < -0.4 is 20.5 Å². The molecule has 2 aliphatic carbocycles. The average molecular weight is 1260 g/mol. The molecule has 0 radical (unpaired) electrons. The quantitative estimate of drug-likeness (QED) is 0.0453. The largest absolute Gasteiger partial charge is 0.481 e. The Morgan fingerprint density at radius 3 is 1.78 bits per heavy atom. The highest BCUT2D eigenvalue weighted by Crippen LogP contribution is 2.42. The maximum absolute atomic E-state index is 13.3. The van der Waals surface area contributed by atoms with Gasteiger partial charge in [-0.3, -0.25) is 0 Å². The van der Waals surface area contributed by atoms with Crippen LogP contribution in [0, 0.1) is 22.7 Å². The zero-order valence-corrected chi connectivity index (χ0v) is 53.0. The summed E-state index contributed by atoms with van der Waals surface area (Å²) >= 11 is 3.19. The second kappa shape index (κ2) is 27.1. The van der Waals surface area contributed by atoms with Crippen LogP contribution in [0.25, 0.3) is 22.3 Å². The van der Waals surface area contributed by atoms with Crippen molar-refractivity contribution in [2.45, 2.75) is 119 Å². The highest BCUT2D eigenvalue weighted by atomic mass is 79.9. The van der Waals surface area contributed by atoms with Crippen molar-refractivity contribution in [1.29, 1.82) is 10.5 Å². The third kappa shape index (κ3) is 14.8. The first-order valence-electron chi connectivity index (χ1n) is 27.7. The van der Waals surface area contributed by atoms with E-state index in [4.69, 9.17) is 19.9 Å². The van der Waals surface area contributed by atoms with Gasteiger partial charge in [-0.1, -0.05) is 19.6 Å². The number of nitrogens with zero attached hydrogens (tertiary/aromatic N) is 13. The Kier molecular flexibility index (Phi) is 20.4. The molecule has 0 saturated carbocycles. The number of rotatable bonds is 17. The molecular formula is C56H75BrN16O7S2Si. The number of hydrogen-bond donors (Lipinski definition) is 3. The number of halogens is 1. The molecule has 444 valence electrons. The van der Waals surface area contributed by atoms with E-state index in [0.717, 1.165) is 132 Å². The van der Waals surface area contributed by atoms with E-state index >= 15 is 0 Å². The van der Waals surface area contributed by atoms with Crippen LogP contribution >= 0.6 is 15.9 Å². The number of nitriles is 2. The molecule has 0 bridgehead atoms. The maximum atomic E-state index is 13.3. The van der Waals surface area contributed by atoms with Crippen LogP contribution in [0.2, 0.25) is 25.7 Å². The number of H-pyrrole nitrogens is 1. The summed E-state index contributed by atoms with van der Waals surface area (Å²) in [5.74, 6) is 1.15. The van der Waals surface area contributed by atoms with Crippen LogP contribution in [0.4, 0.5) is 17.3 Å². The molecule has 4 N–H and O–H groups in total. The monoisotopic (exact) mass is 1250 g/mol. The molecule has 0 amide bonds. The van der Waals surface area contributed by atoms with Gasteiger partial charge in [-0.05, 0) is 172 Å². The van der Waals surface area contributed by atoms with Gasteiger partial charge in [0.2, 0.25) is 22.4 Å². The molecule has 2 aliphatic heterocycles. The van der Waals surface area contributed by atoms with Crippen LogP contribution in [0.15, 0.2) is 63.8 Å². The number of nitrogens with two attached hydrogens (primary N) is 1. The summed E-state index contributed by atoms with van der Waals surface area (Å²) in [5.41, 5.74) is 16.9. The fourth-order valence-corrected chi connectivity index (χ4v) is 14.9. The highest BCUT2D eigenvalue weighted by Gasteiger charge is 2.36. The summed E-state index contributed by atoms with van der Waals surface area (Å²) in [7, 11) is 2.54. The molecule has 10 rings (SSSR count). The van der Waals surface area contributed by atoms with Gasteiger partial charge < -0.3 is 35.1 Å². The fraction of sp³-hybridized carbons (Fsp3) is 0.500. The lowest BCUT2D eigenvalue weighted by Crippen LogP contribution is -2.45. The molecule has 0 atom stereocenters. The van der Waals surface area contributed by atoms with Crippen molar-refractivity contribution in [2.75, 3.05) is 86.2 Å². The Morgan fingerprint density at radius 2 is 1.25 bits per heavy atom. The third-order valence-electron chi connectivity index (χ3n) is 15.6. The van der Waals surface area contributed by atoms with E-state index < -0.39 is 28.1 Å². The van der Waals surface area contributed by atoms with Crippen LogP contribution in [0.1, 0.15) is 71.9 Å². The van der Waals surface area contributed by atoms with Gasteiger partial charge in [0.15, 0.2) is 0 Å². The molecule has 0 unspecified atom stereocenters. The minimum absolute atomic E-state index is 0.0549. The van der Waals surface area contributed by atoms with E-state index in [1.807, 2.05) is 58.5 Å². The summed E-state index contributed by atoms with van der Waals surface area (Å²) < 4.78 is 73.2. The number of nitrogens with one attached hydrogen (secondary N) is 2. The molecule has 2 fully saturated rings. The third-order valence-corrected chi connectivity index (χ3v) is 21.2. The first-order valence-corrected chi connectivity index (χ1v) is 35.1. The summed E-state index contributed by atoms with van der Waals surface area (Å²) in [6.45, 7) is 9.36. The Bertz CT molecular complexity index is 3580. The van der Waals surface area contributed by atoms with Gasteiger partial charge in [0.1, 0.15) is 6.73 Å². The minimum atomic E-state index is -3.80. The smallest absolute Gasteiger partial charge is 0.278 e. The summed E-state index contributed by atoms with van der Waals surface area (Å²) in [6, 6.07) is 17.5. The Balaban J connectivity index is 0.000000171. The maximum Gasteiger partial charge on any atom is 0.278 e. The molecule has 6 heterocycles. The number of pyridine rings is 2. The molecular weight excluding hydrogens is 1180 g/mol. The molecule has 23 nitrogen and oxygen atoms in total. The van der Waals surface area contributed by atoms with E-state index in [0.29, 0.717) is 62.2 Å². The highest BCUT2D eigenvalue weighted by molar-refractivity contribution is 9.10. The standard InChI is InChI=1S/C25H30N8O3S.C16H15N3O.C15H30BrN5O3SSi/c1-32(2)18-8-11-33(12-9-18)37(34,35)25-29-24(30-31-25)28-23-20-6-4-5-19(20)17(15-26)13-21(23)16-7-10-27-22(14-16)36-3;1-20-15-8-10(5-6-19-15)14-7-11(9-17)12-3-2-4-13(12)16(14)18;1-19(2)13-6-8-20(9-7-13)25(22,23)15-17-14(16)18-21(15)12-24-10-11-26(3,4)5/h7,10,13-14,18H,4-6,8-9,11-12H2,1-3H3,(H2,28,29,30,31);5-8H,2-4,18H2,1H3;13H,6-12H2,1-5H3. The summed E-state index contributed by atoms with van der Waals surface area (Å²) in [4.78, 5) is 21.0. The molecule has 2 saturated heterocycles. The lowest BCUT2D eigenvalue weighted by molar-refractivity contribution is 0.0708. The Morgan fingerprint density at radius 1 is 0.747 bits per heavy atom. The summed E-state index contributed by atoms with van der Waals surface area (Å²) in [6.07, 6.45) is 12.0. The first-order chi connectivity index (χ1) is 39.6. The van der Waals surface area contributed by atoms with E-state index in [2.05, 4.69) is 98.1 Å². The minimum Gasteiger partial charge on any atom is -0.481 e. The molecule has 83 heavy (non-hydrogen) atoms. The molecule has 4 aliphatic rings. The second-order valence-corrected chi connectivity index (χ2v) is 32.6. The van der Waals surface area contributed by atoms with Crippen LogP contribution in [-0.2, 0) is 57.2 Å². The predicted molar refractivity (Wildman–Crippen MR) is 323 cm³/mol. The number of fused-ring (bicyclic) bond motifs is 2. The zero-order valence-electron chi connectivity index (χ0n) is 48.7. The molecule has 6 aromatic rings. The molecule has 2 aromatic carbocycles. The normalized spacial score (nSPS) is 16.1. The van der Waals surface area contributed by atoms with Crippen molar-refractivity contribution >= 4 is 61.4 Å². The number of benzene rings is 2. The molecule has 27 heteroatoms. The van der Waals surface area contributed by atoms with E-state index in [9.17, 15) is 27.4 Å². The zero-order chi connectivity index (χ0) is 59.8. The number of anilines is 3. The fourth-order valence-electron chi connectivity index (χ4n) is 10.9. The van der Waals surface area contributed by atoms with Gasteiger partial charge >= 0.3 is 0 Å². The first kappa shape index (κ1) is 62.6. The lowest BCUT2D eigenvalue weighted by atomic mass is 9.94. The second-order valence-electron chi connectivity index (χ2n) is 22.5. The van der Waals surface area contributed by atoms with Gasteiger partial charge in [-0.2, -0.15) is 29.1 Å². The van der Waals surface area contributed by atoms with Crippen LogP contribution in [0.3, 0.4) is 0 Å². The molecule has 4 aromatic heterocycles. The number of methoxy groups -OCH3 is 2. The van der Waals surface area contributed by atoms with Crippen molar-refractivity contribution in [1.82, 2.24) is 58.3 Å². The topological polar surface area (TPSA) is 293 Å².